The smallest absolute Gasteiger partial charge is 0.222 e. The summed E-state index contributed by atoms with van der Waals surface area (Å²) in [5.41, 5.74) is 1.85. The van der Waals surface area contributed by atoms with Gasteiger partial charge in [-0.05, 0) is 42.3 Å². The lowest BCUT2D eigenvalue weighted by molar-refractivity contribution is 0.628. The van der Waals surface area contributed by atoms with Crippen LogP contribution < -0.4 is 0 Å². The van der Waals surface area contributed by atoms with E-state index < -0.39 is 0 Å². The first kappa shape index (κ1) is 11.3. The Morgan fingerprint density at radius 2 is 2.00 bits per heavy atom. The fourth-order valence-corrected chi connectivity index (χ4v) is 1.71. The molecule has 2 aromatic rings. The highest BCUT2D eigenvalue weighted by molar-refractivity contribution is 6.33. The van der Waals surface area contributed by atoms with Crippen LogP contribution in [0.5, 0.6) is 0 Å². The maximum Gasteiger partial charge on any atom is 0.222 e. The monoisotopic (exact) mass is 256 g/mol. The molecule has 1 aromatic heterocycles. The molecule has 0 aliphatic rings. The van der Waals surface area contributed by atoms with Crippen molar-refractivity contribution in [2.75, 3.05) is 0 Å². The van der Waals surface area contributed by atoms with Gasteiger partial charge in [0.15, 0.2) is 0 Å². The minimum atomic E-state index is -0.367. The average molecular weight is 257 g/mol. The molecule has 1 aromatic carbocycles. The summed E-state index contributed by atoms with van der Waals surface area (Å²) < 4.78 is 13.1. The van der Waals surface area contributed by atoms with Crippen LogP contribution in [0.15, 0.2) is 24.4 Å². The van der Waals surface area contributed by atoms with Crippen molar-refractivity contribution in [2.24, 2.45) is 0 Å². The normalized spacial score (nSPS) is 10.5. The van der Waals surface area contributed by atoms with Gasteiger partial charge >= 0.3 is 0 Å². The van der Waals surface area contributed by atoms with Crippen molar-refractivity contribution in [3.63, 3.8) is 0 Å². The van der Waals surface area contributed by atoms with Crippen molar-refractivity contribution in [3.05, 3.63) is 46.1 Å². The number of halogens is 3. The van der Waals surface area contributed by atoms with Gasteiger partial charge in [0.2, 0.25) is 5.28 Å². The predicted molar refractivity (Wildman–Crippen MR) is 62.2 cm³/mol. The van der Waals surface area contributed by atoms with Gasteiger partial charge < -0.3 is 0 Å². The molecule has 0 saturated heterocycles. The Kier molecular flexibility index (Phi) is 3.08. The van der Waals surface area contributed by atoms with Crippen molar-refractivity contribution in [3.8, 4) is 11.3 Å². The molecule has 0 radical (unpaired) electrons. The number of aryl methyl sites for hydroxylation is 1. The maximum atomic E-state index is 13.1. The number of hydrogen-bond donors (Lipinski definition) is 0. The Balaban J connectivity index is 2.66. The summed E-state index contributed by atoms with van der Waals surface area (Å²) in [7, 11) is 0. The van der Waals surface area contributed by atoms with Crippen molar-refractivity contribution >= 4 is 23.2 Å². The van der Waals surface area contributed by atoms with Crippen molar-refractivity contribution in [1.82, 2.24) is 9.97 Å². The van der Waals surface area contributed by atoms with Gasteiger partial charge in [0.25, 0.3) is 0 Å². The van der Waals surface area contributed by atoms with E-state index in [1.807, 2.05) is 6.92 Å². The predicted octanol–water partition coefficient (Wildman–Crippen LogP) is 3.90. The molecule has 0 fully saturated rings. The van der Waals surface area contributed by atoms with E-state index in [4.69, 9.17) is 23.2 Å². The molecule has 0 bridgehead atoms. The molecule has 1 heterocycles. The van der Waals surface area contributed by atoms with Crippen LogP contribution in [0.3, 0.4) is 0 Å². The van der Waals surface area contributed by atoms with E-state index >= 15 is 0 Å². The second-order valence-electron chi connectivity index (χ2n) is 3.29. The summed E-state index contributed by atoms with van der Waals surface area (Å²) in [6.45, 7) is 1.81. The number of aromatic nitrogens is 2. The number of benzene rings is 1. The first-order valence-electron chi connectivity index (χ1n) is 4.52. The molecule has 5 heteroatoms. The third kappa shape index (κ3) is 2.15. The second-order valence-corrected chi connectivity index (χ2v) is 4.04. The van der Waals surface area contributed by atoms with E-state index in [1.165, 1.54) is 18.2 Å². The molecule has 0 atom stereocenters. The summed E-state index contributed by atoms with van der Waals surface area (Å²) >= 11 is 11.7. The van der Waals surface area contributed by atoms with Crippen LogP contribution in [-0.4, -0.2) is 9.97 Å². The summed E-state index contributed by atoms with van der Waals surface area (Å²) in [6.07, 6.45) is 1.58. The highest BCUT2D eigenvalue weighted by atomic mass is 35.5. The molecule has 82 valence electrons. The molecular formula is C11H7Cl2FN2. The quantitative estimate of drug-likeness (QED) is 0.724. The lowest BCUT2D eigenvalue weighted by atomic mass is 10.1. The fraction of sp³-hybridized carbons (Fsp3) is 0.0909. The average Bonchev–Trinajstić information content (AvgIpc) is 2.25. The highest BCUT2D eigenvalue weighted by Crippen LogP contribution is 2.29. The van der Waals surface area contributed by atoms with E-state index in [-0.39, 0.29) is 11.1 Å². The van der Waals surface area contributed by atoms with Gasteiger partial charge in [0.1, 0.15) is 5.82 Å². The molecule has 16 heavy (non-hydrogen) atoms. The molecule has 0 saturated carbocycles. The van der Waals surface area contributed by atoms with Crippen LogP contribution in [-0.2, 0) is 0 Å². The van der Waals surface area contributed by atoms with Gasteiger partial charge in [0, 0.05) is 11.8 Å². The molecule has 0 amide bonds. The zero-order valence-electron chi connectivity index (χ0n) is 8.34. The van der Waals surface area contributed by atoms with Gasteiger partial charge in [-0.1, -0.05) is 11.6 Å². The highest BCUT2D eigenvalue weighted by Gasteiger charge is 2.10. The van der Waals surface area contributed by atoms with Gasteiger partial charge in [-0.2, -0.15) is 0 Å². The van der Waals surface area contributed by atoms with Crippen LogP contribution in [0.4, 0.5) is 4.39 Å². The summed E-state index contributed by atoms with van der Waals surface area (Å²) in [6, 6.07) is 4.11. The van der Waals surface area contributed by atoms with Crippen LogP contribution in [0.2, 0.25) is 10.3 Å². The Morgan fingerprint density at radius 1 is 1.25 bits per heavy atom. The largest absolute Gasteiger partial charge is 0.226 e. The molecule has 2 rings (SSSR count). The minimum Gasteiger partial charge on any atom is -0.226 e. The molecule has 2 nitrogen and oxygen atoms in total. The number of hydrogen-bond acceptors (Lipinski definition) is 2. The van der Waals surface area contributed by atoms with Crippen molar-refractivity contribution < 1.29 is 4.39 Å². The van der Waals surface area contributed by atoms with E-state index in [0.717, 1.165) is 5.56 Å². The van der Waals surface area contributed by atoms with E-state index in [1.54, 1.807) is 6.20 Å². The number of rotatable bonds is 1. The molecule has 0 aliphatic carbocycles. The topological polar surface area (TPSA) is 25.8 Å². The molecular weight excluding hydrogens is 250 g/mol. The maximum absolute atomic E-state index is 13.1. The Labute approximate surface area is 102 Å². The number of nitrogens with zero attached hydrogens (tertiary/aromatic N) is 2. The molecule has 0 spiro atoms. The summed E-state index contributed by atoms with van der Waals surface area (Å²) in [5, 5.41) is 0.542. The van der Waals surface area contributed by atoms with Crippen LogP contribution in [0.1, 0.15) is 5.56 Å². The lowest BCUT2D eigenvalue weighted by Crippen LogP contribution is -1.93. The van der Waals surface area contributed by atoms with Crippen molar-refractivity contribution in [2.45, 2.75) is 6.92 Å². The lowest BCUT2D eigenvalue weighted by Gasteiger charge is -2.06. The standard InChI is InChI=1S/C11H7Cl2FN2/c1-6-5-15-11(13)16-10(6)8-4-7(14)2-3-9(8)12/h2-5H,1H3. The first-order valence-corrected chi connectivity index (χ1v) is 5.28. The molecule has 0 N–H and O–H groups in total. The zero-order chi connectivity index (χ0) is 11.7. The summed E-state index contributed by atoms with van der Waals surface area (Å²) in [5.74, 6) is -0.367. The van der Waals surface area contributed by atoms with E-state index in [9.17, 15) is 4.39 Å². The second kappa shape index (κ2) is 4.36. The van der Waals surface area contributed by atoms with Crippen LogP contribution >= 0.6 is 23.2 Å². The Morgan fingerprint density at radius 3 is 2.75 bits per heavy atom. The fourth-order valence-electron chi connectivity index (χ4n) is 1.37. The molecule has 0 aliphatic heterocycles. The third-order valence-corrected chi connectivity index (χ3v) is 2.64. The van der Waals surface area contributed by atoms with Gasteiger partial charge in [0.05, 0.1) is 10.7 Å². The van der Waals surface area contributed by atoms with E-state index in [2.05, 4.69) is 9.97 Å². The first-order chi connectivity index (χ1) is 7.58. The van der Waals surface area contributed by atoms with Crippen molar-refractivity contribution in [1.29, 1.82) is 0 Å². The Hall–Kier alpha value is -1.19. The zero-order valence-corrected chi connectivity index (χ0v) is 9.85. The van der Waals surface area contributed by atoms with Gasteiger partial charge in [-0.15, -0.1) is 0 Å². The summed E-state index contributed by atoms with van der Waals surface area (Å²) in [4.78, 5) is 7.88. The van der Waals surface area contributed by atoms with E-state index in [0.29, 0.717) is 16.3 Å². The van der Waals surface area contributed by atoms with Gasteiger partial charge in [-0.3, -0.25) is 0 Å². The van der Waals surface area contributed by atoms with Crippen LogP contribution in [0.25, 0.3) is 11.3 Å². The SMILES string of the molecule is Cc1cnc(Cl)nc1-c1cc(F)ccc1Cl. The van der Waals surface area contributed by atoms with Gasteiger partial charge in [-0.25, -0.2) is 14.4 Å². The minimum absolute atomic E-state index is 0.112. The van der Waals surface area contributed by atoms with Crippen LogP contribution in [0, 0.1) is 12.7 Å². The molecule has 0 unspecified atom stereocenters. The Bertz CT molecular complexity index is 494. The third-order valence-electron chi connectivity index (χ3n) is 2.13.